The van der Waals surface area contributed by atoms with E-state index in [1.165, 1.54) is 31.5 Å². The van der Waals surface area contributed by atoms with Gasteiger partial charge in [-0.25, -0.2) is 0 Å². The number of pyridine rings is 2. The number of halogens is 1. The van der Waals surface area contributed by atoms with Gasteiger partial charge in [-0.2, -0.15) is 0 Å². The van der Waals surface area contributed by atoms with E-state index in [1.807, 2.05) is 30.6 Å². The van der Waals surface area contributed by atoms with Crippen molar-refractivity contribution in [1.29, 1.82) is 0 Å². The summed E-state index contributed by atoms with van der Waals surface area (Å²) in [6.07, 6.45) is 11.0. The molecule has 3 heterocycles. The summed E-state index contributed by atoms with van der Waals surface area (Å²) in [4.78, 5) is 24.5. The normalized spacial score (nSPS) is 16.8. The van der Waals surface area contributed by atoms with Crippen molar-refractivity contribution in [2.75, 3.05) is 25.0 Å². The highest BCUT2D eigenvalue weighted by Gasteiger charge is 2.32. The van der Waals surface area contributed by atoms with E-state index in [-0.39, 0.29) is 11.7 Å². The lowest BCUT2D eigenvalue weighted by Crippen LogP contribution is -2.22. The predicted molar refractivity (Wildman–Crippen MR) is 123 cm³/mol. The van der Waals surface area contributed by atoms with Gasteiger partial charge in [-0.1, -0.05) is 15.9 Å². The number of carbonyl (C=O) groups is 1. The second-order valence-electron chi connectivity index (χ2n) is 8.35. The van der Waals surface area contributed by atoms with Crippen molar-refractivity contribution in [1.82, 2.24) is 14.9 Å². The van der Waals surface area contributed by atoms with Crippen molar-refractivity contribution in [2.24, 2.45) is 5.92 Å². The number of benzene rings is 1. The Balaban J connectivity index is 1.46. The molecule has 1 saturated heterocycles. The Morgan fingerprint density at radius 2 is 1.97 bits per heavy atom. The summed E-state index contributed by atoms with van der Waals surface area (Å²) in [5.74, 6) is 0.326. The van der Waals surface area contributed by atoms with E-state index in [1.54, 1.807) is 6.20 Å². The standard InChI is InChI=1S/C24H25BrN4O/c25-18-5-6-22-20(12-18)23(21(15-27-22)24(30)17-3-4-17)28-19-11-16(13-26-14-19)7-10-29-8-1-2-9-29/h5-6,11-15,17H,1-4,7-10H2,(H,27,28). The van der Waals surface area contributed by atoms with Crippen LogP contribution in [-0.4, -0.2) is 40.3 Å². The third-order valence-electron chi connectivity index (χ3n) is 6.02. The van der Waals surface area contributed by atoms with Crippen molar-refractivity contribution in [3.8, 4) is 0 Å². The van der Waals surface area contributed by atoms with Gasteiger partial charge in [0.1, 0.15) is 0 Å². The third-order valence-corrected chi connectivity index (χ3v) is 6.52. The number of nitrogens with one attached hydrogen (secondary N) is 1. The van der Waals surface area contributed by atoms with Crippen molar-refractivity contribution < 1.29 is 4.79 Å². The molecule has 2 aliphatic rings. The van der Waals surface area contributed by atoms with Crippen LogP contribution < -0.4 is 5.32 Å². The van der Waals surface area contributed by atoms with Crippen LogP contribution in [0.2, 0.25) is 0 Å². The number of Topliss-reactive ketones (excluding diaryl/α,β-unsaturated/α-hetero) is 1. The molecule has 6 heteroatoms. The Bertz CT molecular complexity index is 1090. The zero-order valence-corrected chi connectivity index (χ0v) is 18.5. The average molecular weight is 465 g/mol. The number of rotatable bonds is 7. The van der Waals surface area contributed by atoms with Gasteiger partial charge in [0.15, 0.2) is 5.78 Å². The molecule has 0 spiro atoms. The molecular formula is C24H25BrN4O. The van der Waals surface area contributed by atoms with Gasteiger partial charge in [-0.15, -0.1) is 0 Å². The molecule has 0 atom stereocenters. The minimum absolute atomic E-state index is 0.141. The lowest BCUT2D eigenvalue weighted by atomic mass is 10.0. The van der Waals surface area contributed by atoms with Crippen LogP contribution in [0.5, 0.6) is 0 Å². The highest BCUT2D eigenvalue weighted by atomic mass is 79.9. The number of hydrogen-bond donors (Lipinski definition) is 1. The summed E-state index contributed by atoms with van der Waals surface area (Å²) in [6.45, 7) is 3.48. The maximum atomic E-state index is 13.0. The molecule has 5 rings (SSSR count). The summed E-state index contributed by atoms with van der Waals surface area (Å²) < 4.78 is 0.966. The Hall–Kier alpha value is -2.31. The van der Waals surface area contributed by atoms with Crippen molar-refractivity contribution in [2.45, 2.75) is 32.1 Å². The van der Waals surface area contributed by atoms with Gasteiger partial charge < -0.3 is 10.2 Å². The highest BCUT2D eigenvalue weighted by Crippen LogP contribution is 2.38. The molecule has 3 aromatic rings. The molecule has 1 saturated carbocycles. The zero-order chi connectivity index (χ0) is 20.5. The van der Waals surface area contributed by atoms with E-state index in [4.69, 9.17) is 0 Å². The first-order valence-corrected chi connectivity index (χ1v) is 11.5. The molecule has 1 N–H and O–H groups in total. The summed E-state index contributed by atoms with van der Waals surface area (Å²) in [5, 5.41) is 4.46. The lowest BCUT2D eigenvalue weighted by molar-refractivity contribution is 0.0968. The molecule has 2 aromatic heterocycles. The Labute approximate surface area is 185 Å². The van der Waals surface area contributed by atoms with Gasteiger partial charge >= 0.3 is 0 Å². The van der Waals surface area contributed by atoms with Gasteiger partial charge in [0.05, 0.1) is 28.7 Å². The maximum absolute atomic E-state index is 13.0. The zero-order valence-electron chi connectivity index (χ0n) is 16.9. The molecular weight excluding hydrogens is 440 g/mol. The first-order chi connectivity index (χ1) is 14.7. The third kappa shape index (κ3) is 4.25. The molecule has 1 aromatic carbocycles. The van der Waals surface area contributed by atoms with Crippen LogP contribution in [0.25, 0.3) is 10.9 Å². The molecule has 2 fully saturated rings. The van der Waals surface area contributed by atoms with Crippen LogP contribution in [-0.2, 0) is 6.42 Å². The fraction of sp³-hybridized carbons (Fsp3) is 0.375. The Morgan fingerprint density at radius 3 is 2.77 bits per heavy atom. The maximum Gasteiger partial charge on any atom is 0.169 e. The number of hydrogen-bond acceptors (Lipinski definition) is 5. The second-order valence-corrected chi connectivity index (χ2v) is 9.27. The summed E-state index contributed by atoms with van der Waals surface area (Å²) >= 11 is 3.56. The first kappa shape index (κ1) is 19.6. The molecule has 1 aliphatic heterocycles. The van der Waals surface area contributed by atoms with E-state index in [0.717, 1.165) is 52.6 Å². The summed E-state index contributed by atoms with van der Waals surface area (Å²) in [7, 11) is 0. The number of likely N-dealkylation sites (tertiary alicyclic amines) is 1. The summed E-state index contributed by atoms with van der Waals surface area (Å²) in [5.41, 5.74) is 4.49. The smallest absolute Gasteiger partial charge is 0.169 e. The van der Waals surface area contributed by atoms with Crippen molar-refractivity contribution >= 4 is 44.0 Å². The number of carbonyl (C=O) groups excluding carboxylic acids is 1. The van der Waals surface area contributed by atoms with Crippen LogP contribution in [0.15, 0.2) is 47.3 Å². The van der Waals surface area contributed by atoms with Crippen LogP contribution in [0.3, 0.4) is 0 Å². The van der Waals surface area contributed by atoms with E-state index < -0.39 is 0 Å². The SMILES string of the molecule is O=C(c1cnc2ccc(Br)cc2c1Nc1cncc(CCN2CCCC2)c1)C1CC1. The van der Waals surface area contributed by atoms with E-state index in [0.29, 0.717) is 5.56 Å². The quantitative estimate of drug-likeness (QED) is 0.476. The Kier molecular flexibility index (Phi) is 5.52. The number of ketones is 1. The van der Waals surface area contributed by atoms with Gasteiger partial charge in [0.25, 0.3) is 0 Å². The molecule has 154 valence electrons. The first-order valence-electron chi connectivity index (χ1n) is 10.7. The second kappa shape index (κ2) is 8.44. The molecule has 1 aliphatic carbocycles. The number of aromatic nitrogens is 2. The van der Waals surface area contributed by atoms with E-state index in [2.05, 4.69) is 42.2 Å². The largest absolute Gasteiger partial charge is 0.353 e. The fourth-order valence-electron chi connectivity index (χ4n) is 4.18. The van der Waals surface area contributed by atoms with Crippen LogP contribution in [0, 0.1) is 5.92 Å². The van der Waals surface area contributed by atoms with E-state index >= 15 is 0 Å². The molecule has 0 bridgehead atoms. The molecule has 0 unspecified atom stereocenters. The minimum Gasteiger partial charge on any atom is -0.353 e. The fourth-order valence-corrected chi connectivity index (χ4v) is 4.54. The van der Waals surface area contributed by atoms with Crippen molar-refractivity contribution in [3.63, 3.8) is 0 Å². The number of fused-ring (bicyclic) bond motifs is 1. The predicted octanol–water partition coefficient (Wildman–Crippen LogP) is 5.37. The van der Waals surface area contributed by atoms with Crippen molar-refractivity contribution in [3.05, 3.63) is 58.5 Å². The lowest BCUT2D eigenvalue weighted by Gasteiger charge is -2.16. The van der Waals surface area contributed by atoms with Crippen LogP contribution in [0.4, 0.5) is 11.4 Å². The molecule has 0 radical (unpaired) electrons. The van der Waals surface area contributed by atoms with Gasteiger partial charge in [-0.3, -0.25) is 14.8 Å². The monoisotopic (exact) mass is 464 g/mol. The number of anilines is 2. The molecule has 5 nitrogen and oxygen atoms in total. The molecule has 0 amide bonds. The summed E-state index contributed by atoms with van der Waals surface area (Å²) in [6, 6.07) is 8.13. The minimum atomic E-state index is 0.141. The average Bonchev–Trinajstić information content (AvgIpc) is 3.48. The topological polar surface area (TPSA) is 58.1 Å². The van der Waals surface area contributed by atoms with E-state index in [9.17, 15) is 4.79 Å². The Morgan fingerprint density at radius 1 is 1.13 bits per heavy atom. The number of nitrogens with zero attached hydrogens (tertiary/aromatic N) is 3. The van der Waals surface area contributed by atoms with Gasteiger partial charge in [0.2, 0.25) is 0 Å². The highest BCUT2D eigenvalue weighted by molar-refractivity contribution is 9.10. The van der Waals surface area contributed by atoms with Crippen LogP contribution in [0.1, 0.15) is 41.6 Å². The van der Waals surface area contributed by atoms with Gasteiger partial charge in [0, 0.05) is 34.7 Å². The van der Waals surface area contributed by atoms with Crippen LogP contribution >= 0.6 is 15.9 Å². The molecule has 30 heavy (non-hydrogen) atoms. The van der Waals surface area contributed by atoms with Gasteiger partial charge in [-0.05, 0) is 75.0 Å².